The summed E-state index contributed by atoms with van der Waals surface area (Å²) in [5.41, 5.74) is 3.70. The Bertz CT molecular complexity index is 1250. The zero-order valence-electron chi connectivity index (χ0n) is 17.1. The first-order chi connectivity index (χ1) is 14.8. The van der Waals surface area contributed by atoms with Crippen molar-refractivity contribution in [3.05, 3.63) is 104 Å². The van der Waals surface area contributed by atoms with Gasteiger partial charge in [-0.25, -0.2) is 8.42 Å². The molecule has 0 atom stereocenters. The van der Waals surface area contributed by atoms with Crippen LogP contribution in [0.25, 0.3) is 0 Å². The minimum atomic E-state index is -3.99. The summed E-state index contributed by atoms with van der Waals surface area (Å²) < 4.78 is 26.5. The molecule has 0 unspecified atom stereocenters. The van der Waals surface area contributed by atoms with Gasteiger partial charge in [0.05, 0.1) is 4.90 Å². The number of rotatable bonds is 7. The van der Waals surface area contributed by atoms with Crippen LogP contribution in [0.4, 0.5) is 5.69 Å². The lowest BCUT2D eigenvalue weighted by atomic mass is 10.1. The van der Waals surface area contributed by atoms with E-state index in [-0.39, 0.29) is 14.8 Å². The molecule has 0 amide bonds. The molecule has 0 saturated heterocycles. The van der Waals surface area contributed by atoms with Crippen molar-refractivity contribution in [2.24, 2.45) is 0 Å². The number of benzene rings is 3. The molecule has 3 aromatic carbocycles. The molecule has 7 heteroatoms. The van der Waals surface area contributed by atoms with Crippen LogP contribution >= 0.6 is 23.4 Å². The first kappa shape index (κ1) is 23.0. The van der Waals surface area contributed by atoms with Crippen molar-refractivity contribution < 1.29 is 8.42 Å². The topological polar surface area (TPSA) is 70.0 Å². The predicted molar refractivity (Wildman–Crippen MR) is 129 cm³/mol. The zero-order chi connectivity index (χ0) is 22.4. The number of nitrogens with one attached hydrogen (secondary N) is 1. The summed E-state index contributed by atoms with van der Waals surface area (Å²) in [4.78, 5) is -0.225. The maximum absolute atomic E-state index is 13.3. The van der Waals surface area contributed by atoms with Crippen molar-refractivity contribution in [3.8, 4) is 6.07 Å². The number of allylic oxidation sites excluding steroid dienone is 1. The van der Waals surface area contributed by atoms with E-state index in [2.05, 4.69) is 5.32 Å². The highest BCUT2D eigenvalue weighted by molar-refractivity contribution is 8.04. The van der Waals surface area contributed by atoms with Crippen molar-refractivity contribution in [3.63, 3.8) is 0 Å². The molecule has 158 valence electrons. The van der Waals surface area contributed by atoms with E-state index >= 15 is 0 Å². The summed E-state index contributed by atoms with van der Waals surface area (Å²) in [6, 6.07) is 23.1. The van der Waals surface area contributed by atoms with Crippen molar-refractivity contribution >= 4 is 38.9 Å². The van der Waals surface area contributed by atoms with Crippen molar-refractivity contribution in [2.75, 3.05) is 5.32 Å². The molecular formula is C24H21ClN2O2S2. The number of aryl methyl sites for hydroxylation is 2. The SMILES string of the molecule is Cc1ccc(C)c(N/C(SCc2ccc(Cl)cc2)=C(/C#N)S(=O)(=O)c2ccccc2)c1. The lowest BCUT2D eigenvalue weighted by Gasteiger charge is -2.16. The number of sulfone groups is 1. The summed E-state index contributed by atoms with van der Waals surface area (Å²) in [7, 11) is -3.99. The predicted octanol–water partition coefficient (Wildman–Crippen LogP) is 6.47. The summed E-state index contributed by atoms with van der Waals surface area (Å²) in [5.74, 6) is 0.472. The van der Waals surface area contributed by atoms with Crippen LogP contribution in [0.15, 0.2) is 87.6 Å². The number of hydrogen-bond donors (Lipinski definition) is 1. The molecule has 3 rings (SSSR count). The van der Waals surface area contributed by atoms with E-state index in [1.807, 2.05) is 50.2 Å². The maximum Gasteiger partial charge on any atom is 0.219 e. The van der Waals surface area contributed by atoms with Gasteiger partial charge in [0.25, 0.3) is 0 Å². The fourth-order valence-electron chi connectivity index (χ4n) is 2.84. The number of nitrogens with zero attached hydrogens (tertiary/aromatic N) is 1. The van der Waals surface area contributed by atoms with Crippen molar-refractivity contribution in [2.45, 2.75) is 24.5 Å². The van der Waals surface area contributed by atoms with E-state index in [0.717, 1.165) is 22.4 Å². The molecule has 0 heterocycles. The number of halogens is 1. The van der Waals surface area contributed by atoms with Gasteiger partial charge in [-0.05, 0) is 60.9 Å². The van der Waals surface area contributed by atoms with Crippen LogP contribution in [-0.4, -0.2) is 8.42 Å². The second-order valence-corrected chi connectivity index (χ2v) is 10.3. The van der Waals surface area contributed by atoms with Crippen molar-refractivity contribution in [1.82, 2.24) is 0 Å². The van der Waals surface area contributed by atoms with E-state index in [9.17, 15) is 13.7 Å². The molecule has 1 N–H and O–H groups in total. The molecule has 4 nitrogen and oxygen atoms in total. The van der Waals surface area contributed by atoms with Crippen LogP contribution in [0.2, 0.25) is 5.02 Å². The smallest absolute Gasteiger partial charge is 0.219 e. The number of thioether (sulfide) groups is 1. The minimum Gasteiger partial charge on any atom is -0.348 e. The lowest BCUT2D eigenvalue weighted by molar-refractivity contribution is 0.603. The van der Waals surface area contributed by atoms with E-state index in [1.165, 1.54) is 23.9 Å². The minimum absolute atomic E-state index is 0.0823. The Kier molecular flexibility index (Phi) is 7.45. The molecule has 0 bridgehead atoms. The van der Waals surface area contributed by atoms with Gasteiger partial charge in [0.1, 0.15) is 11.1 Å². The van der Waals surface area contributed by atoms with Crippen LogP contribution in [0.3, 0.4) is 0 Å². The molecule has 0 radical (unpaired) electrons. The summed E-state index contributed by atoms with van der Waals surface area (Å²) in [6.07, 6.45) is 0. The summed E-state index contributed by atoms with van der Waals surface area (Å²) in [6.45, 7) is 3.89. The van der Waals surface area contributed by atoms with Crippen molar-refractivity contribution in [1.29, 1.82) is 5.26 Å². The Hall–Kier alpha value is -2.72. The molecule has 0 saturated carbocycles. The summed E-state index contributed by atoms with van der Waals surface area (Å²) >= 11 is 7.23. The quantitative estimate of drug-likeness (QED) is 0.402. The molecule has 3 aromatic rings. The Balaban J connectivity index is 2.07. The van der Waals surface area contributed by atoms with Crippen LogP contribution in [0.1, 0.15) is 16.7 Å². The fraction of sp³-hybridized carbons (Fsp3) is 0.125. The normalized spacial score (nSPS) is 12.1. The Morgan fingerprint density at radius 3 is 2.35 bits per heavy atom. The van der Waals surface area contributed by atoms with Gasteiger partial charge in [0.2, 0.25) is 9.84 Å². The van der Waals surface area contributed by atoms with Gasteiger partial charge in [-0.3, -0.25) is 0 Å². The third-order valence-corrected chi connectivity index (χ3v) is 7.75. The molecule has 0 aromatic heterocycles. The Labute approximate surface area is 192 Å². The monoisotopic (exact) mass is 468 g/mol. The van der Waals surface area contributed by atoms with Gasteiger partial charge in [0, 0.05) is 16.5 Å². The van der Waals surface area contributed by atoms with E-state index in [1.54, 1.807) is 30.3 Å². The Morgan fingerprint density at radius 2 is 1.71 bits per heavy atom. The van der Waals surface area contributed by atoms with E-state index < -0.39 is 9.84 Å². The highest BCUT2D eigenvalue weighted by atomic mass is 35.5. The fourth-order valence-corrected chi connectivity index (χ4v) is 5.50. The van der Waals surface area contributed by atoms with Crippen LogP contribution in [0.5, 0.6) is 0 Å². The van der Waals surface area contributed by atoms with Crippen LogP contribution in [0, 0.1) is 25.2 Å². The second kappa shape index (κ2) is 10.1. The first-order valence-electron chi connectivity index (χ1n) is 9.47. The van der Waals surface area contributed by atoms with Gasteiger partial charge in [-0.2, -0.15) is 5.26 Å². The standard InChI is InChI=1S/C24H21ClN2O2S2/c1-17-8-9-18(2)22(14-17)27-24(30-16-19-10-12-20(25)13-11-19)23(15-26)31(28,29)21-6-4-3-5-7-21/h3-14,27H,16H2,1-2H3/b24-23+. The van der Waals surface area contributed by atoms with Gasteiger partial charge >= 0.3 is 0 Å². The molecule has 0 spiro atoms. The number of nitriles is 1. The molecule has 0 fully saturated rings. The second-order valence-electron chi connectivity index (χ2n) is 6.95. The third-order valence-electron chi connectivity index (χ3n) is 4.57. The highest BCUT2D eigenvalue weighted by Crippen LogP contribution is 2.32. The number of anilines is 1. The van der Waals surface area contributed by atoms with Gasteiger partial charge in [-0.15, -0.1) is 11.8 Å². The molecule has 0 aliphatic rings. The van der Waals surface area contributed by atoms with Gasteiger partial charge < -0.3 is 5.32 Å². The maximum atomic E-state index is 13.3. The first-order valence-corrected chi connectivity index (χ1v) is 12.3. The van der Waals surface area contributed by atoms with Gasteiger partial charge in [-0.1, -0.05) is 54.1 Å². The van der Waals surface area contributed by atoms with E-state index in [4.69, 9.17) is 11.6 Å². The zero-order valence-corrected chi connectivity index (χ0v) is 19.5. The third kappa shape index (κ3) is 5.71. The molecular weight excluding hydrogens is 448 g/mol. The molecule has 31 heavy (non-hydrogen) atoms. The van der Waals surface area contributed by atoms with E-state index in [0.29, 0.717) is 10.8 Å². The number of hydrogen-bond acceptors (Lipinski definition) is 5. The summed E-state index contributed by atoms with van der Waals surface area (Å²) in [5, 5.41) is 14.0. The van der Waals surface area contributed by atoms with Gasteiger partial charge in [0.15, 0.2) is 4.91 Å². The average molecular weight is 469 g/mol. The highest BCUT2D eigenvalue weighted by Gasteiger charge is 2.25. The average Bonchev–Trinajstić information content (AvgIpc) is 2.76. The molecule has 0 aliphatic carbocycles. The van der Waals surface area contributed by atoms with Crippen LogP contribution < -0.4 is 5.32 Å². The van der Waals surface area contributed by atoms with Crippen LogP contribution in [-0.2, 0) is 15.6 Å². The largest absolute Gasteiger partial charge is 0.348 e. The Morgan fingerprint density at radius 1 is 1.03 bits per heavy atom. The lowest BCUT2D eigenvalue weighted by Crippen LogP contribution is -2.11. The molecule has 0 aliphatic heterocycles.